The lowest BCUT2D eigenvalue weighted by atomic mass is 10.0. The molecule has 7 heteroatoms. The van der Waals surface area contributed by atoms with Gasteiger partial charge in [0.15, 0.2) is 0 Å². The van der Waals surface area contributed by atoms with Gasteiger partial charge in [-0.05, 0) is 42.3 Å². The topological polar surface area (TPSA) is 98.7 Å². The lowest BCUT2D eigenvalue weighted by molar-refractivity contribution is -0.133. The summed E-state index contributed by atoms with van der Waals surface area (Å²) in [6.07, 6.45) is -1.16. The van der Waals surface area contributed by atoms with E-state index in [1.54, 1.807) is 36.4 Å². The van der Waals surface area contributed by atoms with Crippen molar-refractivity contribution in [1.29, 1.82) is 0 Å². The number of carbonyl (C=O) groups excluding carboxylic acids is 2. The summed E-state index contributed by atoms with van der Waals surface area (Å²) < 4.78 is 0. The van der Waals surface area contributed by atoms with E-state index in [0.717, 1.165) is 11.1 Å². The fourth-order valence-corrected chi connectivity index (χ4v) is 2.28. The van der Waals surface area contributed by atoms with Crippen LogP contribution in [0.4, 0.5) is 0 Å². The van der Waals surface area contributed by atoms with Crippen molar-refractivity contribution in [1.82, 2.24) is 10.8 Å². The summed E-state index contributed by atoms with van der Waals surface area (Å²) in [7, 11) is 0. The summed E-state index contributed by atoms with van der Waals surface area (Å²) in [5.74, 6) is -1.43. The third-order valence-corrected chi connectivity index (χ3v) is 3.74. The molecule has 6 nitrogen and oxygen atoms in total. The van der Waals surface area contributed by atoms with Crippen LogP contribution < -0.4 is 10.8 Å². The molecule has 0 aliphatic carbocycles. The van der Waals surface area contributed by atoms with Crippen molar-refractivity contribution >= 4 is 23.4 Å². The number of aliphatic hydroxyl groups excluding tert-OH is 1. The highest BCUT2D eigenvalue weighted by Crippen LogP contribution is 2.21. The van der Waals surface area contributed by atoms with Crippen LogP contribution in [-0.2, 0) is 4.79 Å². The standard InChI is InChI=1S/C17H17ClN2O4/c1-10(21)15(17(23)20-24)19-16(22)13-4-2-11(3-5-13)12-6-8-14(18)9-7-12/h2-10,15,21,24H,1H3,(H,19,22)(H,20,23)/t10-,15+/m1/s1. The monoisotopic (exact) mass is 348 g/mol. The maximum Gasteiger partial charge on any atom is 0.268 e. The lowest BCUT2D eigenvalue weighted by Crippen LogP contribution is -2.51. The Morgan fingerprint density at radius 1 is 1.00 bits per heavy atom. The van der Waals surface area contributed by atoms with Crippen LogP contribution >= 0.6 is 11.6 Å². The van der Waals surface area contributed by atoms with Crippen molar-refractivity contribution < 1.29 is 19.9 Å². The van der Waals surface area contributed by atoms with E-state index in [1.165, 1.54) is 12.4 Å². The molecule has 0 heterocycles. The number of amides is 2. The normalized spacial score (nSPS) is 13.0. The Kier molecular flexibility index (Phi) is 5.92. The minimum atomic E-state index is -1.25. The van der Waals surface area contributed by atoms with Gasteiger partial charge in [-0.1, -0.05) is 35.9 Å². The second-order valence-electron chi connectivity index (χ2n) is 5.25. The Bertz CT molecular complexity index is 714. The first-order valence-corrected chi connectivity index (χ1v) is 7.59. The van der Waals surface area contributed by atoms with Gasteiger partial charge in [0, 0.05) is 10.6 Å². The van der Waals surface area contributed by atoms with Crippen molar-refractivity contribution in [3.63, 3.8) is 0 Å². The molecule has 0 unspecified atom stereocenters. The van der Waals surface area contributed by atoms with Gasteiger partial charge in [0.05, 0.1) is 6.10 Å². The average Bonchev–Trinajstić information content (AvgIpc) is 2.59. The van der Waals surface area contributed by atoms with E-state index in [0.29, 0.717) is 10.6 Å². The van der Waals surface area contributed by atoms with Crippen LogP contribution in [0.2, 0.25) is 5.02 Å². The molecule has 0 saturated heterocycles. The van der Waals surface area contributed by atoms with Crippen LogP contribution in [0, 0.1) is 0 Å². The van der Waals surface area contributed by atoms with Crippen LogP contribution in [0.3, 0.4) is 0 Å². The molecule has 2 amide bonds. The Morgan fingerprint density at radius 2 is 1.50 bits per heavy atom. The maximum atomic E-state index is 12.2. The fraction of sp³-hybridized carbons (Fsp3) is 0.176. The molecule has 0 radical (unpaired) electrons. The molecule has 0 aliphatic rings. The van der Waals surface area contributed by atoms with Gasteiger partial charge in [-0.15, -0.1) is 0 Å². The number of rotatable bonds is 5. The highest BCUT2D eigenvalue weighted by Gasteiger charge is 2.25. The van der Waals surface area contributed by atoms with Crippen LogP contribution in [0.1, 0.15) is 17.3 Å². The second kappa shape index (κ2) is 7.92. The summed E-state index contributed by atoms with van der Waals surface area (Å²) in [6, 6.07) is 12.8. The fourth-order valence-electron chi connectivity index (χ4n) is 2.16. The van der Waals surface area contributed by atoms with Crippen molar-refractivity contribution in [2.75, 3.05) is 0 Å². The van der Waals surface area contributed by atoms with Crippen molar-refractivity contribution in [2.24, 2.45) is 0 Å². The molecule has 0 aromatic heterocycles. The van der Waals surface area contributed by atoms with Crippen molar-refractivity contribution in [3.8, 4) is 11.1 Å². The number of benzene rings is 2. The van der Waals surface area contributed by atoms with Gasteiger partial charge in [0.1, 0.15) is 6.04 Å². The van der Waals surface area contributed by atoms with Gasteiger partial charge >= 0.3 is 0 Å². The number of halogens is 1. The zero-order chi connectivity index (χ0) is 17.7. The summed E-state index contributed by atoms with van der Waals surface area (Å²) in [5, 5.41) is 21.2. The van der Waals surface area contributed by atoms with E-state index in [4.69, 9.17) is 16.8 Å². The first kappa shape index (κ1) is 17.9. The number of hydrogen-bond donors (Lipinski definition) is 4. The molecule has 0 fully saturated rings. The molecule has 4 N–H and O–H groups in total. The van der Waals surface area contributed by atoms with E-state index in [2.05, 4.69) is 5.32 Å². The molecular weight excluding hydrogens is 332 g/mol. The zero-order valence-electron chi connectivity index (χ0n) is 12.9. The quantitative estimate of drug-likeness (QED) is 0.490. The highest BCUT2D eigenvalue weighted by atomic mass is 35.5. The van der Waals surface area contributed by atoms with Crippen molar-refractivity contribution in [3.05, 3.63) is 59.1 Å². The van der Waals surface area contributed by atoms with Crippen LogP contribution in [0.5, 0.6) is 0 Å². The van der Waals surface area contributed by atoms with E-state index in [9.17, 15) is 14.7 Å². The molecule has 24 heavy (non-hydrogen) atoms. The van der Waals surface area contributed by atoms with E-state index in [1.807, 2.05) is 12.1 Å². The predicted molar refractivity (Wildman–Crippen MR) is 89.8 cm³/mol. The average molecular weight is 349 g/mol. The minimum Gasteiger partial charge on any atom is -0.391 e. The SMILES string of the molecule is C[C@@H](O)[C@H](NC(=O)c1ccc(-c2ccc(Cl)cc2)cc1)C(=O)NO. The van der Waals surface area contributed by atoms with Crippen LogP contribution in [-0.4, -0.2) is 34.3 Å². The summed E-state index contributed by atoms with van der Waals surface area (Å²) in [4.78, 5) is 23.6. The van der Waals surface area contributed by atoms with Gasteiger partial charge in [0.2, 0.25) is 0 Å². The largest absolute Gasteiger partial charge is 0.391 e. The molecule has 2 rings (SSSR count). The molecule has 126 valence electrons. The third kappa shape index (κ3) is 4.32. The number of carbonyl (C=O) groups is 2. The minimum absolute atomic E-state index is 0.323. The zero-order valence-corrected chi connectivity index (χ0v) is 13.6. The van der Waals surface area contributed by atoms with E-state index in [-0.39, 0.29) is 0 Å². The first-order valence-electron chi connectivity index (χ1n) is 7.21. The smallest absolute Gasteiger partial charge is 0.268 e. The van der Waals surface area contributed by atoms with Crippen LogP contribution in [0.25, 0.3) is 11.1 Å². The molecule has 2 aromatic carbocycles. The van der Waals surface area contributed by atoms with Gasteiger partial charge in [-0.3, -0.25) is 14.8 Å². The van der Waals surface area contributed by atoms with Gasteiger partial charge < -0.3 is 10.4 Å². The van der Waals surface area contributed by atoms with E-state index >= 15 is 0 Å². The summed E-state index contributed by atoms with van der Waals surface area (Å²) >= 11 is 5.85. The maximum absolute atomic E-state index is 12.2. The summed E-state index contributed by atoms with van der Waals surface area (Å²) in [6.45, 7) is 1.34. The van der Waals surface area contributed by atoms with Gasteiger partial charge in [0.25, 0.3) is 11.8 Å². The molecule has 0 aliphatic heterocycles. The highest BCUT2D eigenvalue weighted by molar-refractivity contribution is 6.30. The number of hydrogen-bond acceptors (Lipinski definition) is 4. The predicted octanol–water partition coefficient (Wildman–Crippen LogP) is 1.99. The summed E-state index contributed by atoms with van der Waals surface area (Å²) in [5.41, 5.74) is 3.59. The number of hydroxylamine groups is 1. The lowest BCUT2D eigenvalue weighted by Gasteiger charge is -2.19. The van der Waals surface area contributed by atoms with Gasteiger partial charge in [-0.2, -0.15) is 0 Å². The first-order chi connectivity index (χ1) is 11.4. The second-order valence-corrected chi connectivity index (χ2v) is 5.69. The van der Waals surface area contributed by atoms with E-state index < -0.39 is 24.0 Å². The molecule has 2 atom stereocenters. The molecule has 0 bridgehead atoms. The molecular formula is C17H17ClN2O4. The molecule has 2 aromatic rings. The third-order valence-electron chi connectivity index (χ3n) is 3.49. The number of nitrogens with one attached hydrogen (secondary N) is 2. The van der Waals surface area contributed by atoms with Crippen LogP contribution in [0.15, 0.2) is 48.5 Å². The van der Waals surface area contributed by atoms with Gasteiger partial charge in [-0.25, -0.2) is 5.48 Å². The Hall–Kier alpha value is -2.41. The van der Waals surface area contributed by atoms with Crippen molar-refractivity contribution in [2.45, 2.75) is 19.1 Å². The molecule has 0 spiro atoms. The number of aliphatic hydroxyl groups is 1. The Morgan fingerprint density at radius 3 is 1.96 bits per heavy atom. The Labute approximate surface area is 144 Å². The Balaban J connectivity index is 2.13. The molecule has 0 saturated carbocycles.